The van der Waals surface area contributed by atoms with E-state index in [0.717, 1.165) is 31.4 Å². The van der Waals surface area contributed by atoms with Gasteiger partial charge in [0, 0.05) is 0 Å². The van der Waals surface area contributed by atoms with Crippen LogP contribution in [-0.2, 0) is 9.59 Å². The Balaban J connectivity index is 1.85. The van der Waals surface area contributed by atoms with Crippen molar-refractivity contribution in [2.45, 2.75) is 38.1 Å². The number of nitrogens with zero attached hydrogens (tertiary/aromatic N) is 1. The standard InChI is InChI=1S/C16H19N3O2/c1-10-5-4-6-11(9-10)13-15(20)18-14(19-16(13)21)12-7-2-3-8-17-12/h4-6,9,12-13,17H,2-3,7-8H2,1H3,(H,18,19,20,21). The maximum atomic E-state index is 12.3. The molecule has 3 rings (SSSR count). The molecule has 2 N–H and O–H groups in total. The van der Waals surface area contributed by atoms with E-state index in [0.29, 0.717) is 11.4 Å². The molecule has 2 heterocycles. The maximum Gasteiger partial charge on any atom is 0.264 e. The zero-order valence-corrected chi connectivity index (χ0v) is 12.1. The van der Waals surface area contributed by atoms with Gasteiger partial charge < -0.3 is 10.6 Å². The van der Waals surface area contributed by atoms with Crippen LogP contribution >= 0.6 is 0 Å². The second-order valence-corrected chi connectivity index (χ2v) is 5.67. The molecule has 2 atom stereocenters. The van der Waals surface area contributed by atoms with Crippen molar-refractivity contribution in [3.05, 3.63) is 35.4 Å². The molecule has 0 aromatic heterocycles. The van der Waals surface area contributed by atoms with E-state index in [4.69, 9.17) is 0 Å². The number of carbonyl (C=O) groups excluding carboxylic acids is 2. The summed E-state index contributed by atoms with van der Waals surface area (Å²) in [5.41, 5.74) is 1.73. The predicted octanol–water partition coefficient (Wildman–Crippen LogP) is 1.28. The van der Waals surface area contributed by atoms with Gasteiger partial charge in [0.05, 0.1) is 6.04 Å². The van der Waals surface area contributed by atoms with Gasteiger partial charge in [0.15, 0.2) is 0 Å². The van der Waals surface area contributed by atoms with Gasteiger partial charge in [-0.1, -0.05) is 36.2 Å². The minimum Gasteiger partial charge on any atom is -0.312 e. The Labute approximate surface area is 123 Å². The number of aryl methyl sites for hydroxylation is 1. The zero-order chi connectivity index (χ0) is 14.8. The first-order valence-electron chi connectivity index (χ1n) is 7.38. The number of hydrogen-bond donors (Lipinski definition) is 2. The molecule has 1 aromatic rings. The van der Waals surface area contributed by atoms with Crippen LogP contribution in [-0.4, -0.2) is 30.2 Å². The molecule has 0 bridgehead atoms. The van der Waals surface area contributed by atoms with Crippen molar-refractivity contribution < 1.29 is 9.59 Å². The fraction of sp³-hybridized carbons (Fsp3) is 0.438. The third-order valence-electron chi connectivity index (χ3n) is 4.01. The predicted molar refractivity (Wildman–Crippen MR) is 80.1 cm³/mol. The minimum atomic E-state index is -0.822. The van der Waals surface area contributed by atoms with Gasteiger partial charge in [-0.15, -0.1) is 0 Å². The van der Waals surface area contributed by atoms with Gasteiger partial charge in [0.1, 0.15) is 11.8 Å². The van der Waals surface area contributed by atoms with Gasteiger partial charge in [-0.25, -0.2) is 0 Å². The third kappa shape index (κ3) is 2.88. The van der Waals surface area contributed by atoms with Crippen LogP contribution in [0.3, 0.4) is 0 Å². The van der Waals surface area contributed by atoms with Gasteiger partial charge in [-0.05, 0) is 31.9 Å². The minimum absolute atomic E-state index is 0.00916. The normalized spacial score (nSPS) is 26.2. The van der Waals surface area contributed by atoms with Crippen LogP contribution in [0, 0.1) is 6.92 Å². The first-order chi connectivity index (χ1) is 10.1. The summed E-state index contributed by atoms with van der Waals surface area (Å²) in [6.07, 6.45) is 3.11. The summed E-state index contributed by atoms with van der Waals surface area (Å²) in [4.78, 5) is 28.7. The molecule has 1 aromatic carbocycles. The average Bonchev–Trinajstić information content (AvgIpc) is 2.47. The SMILES string of the molecule is Cc1cccc(C2C(=O)N=C(C3CCCCN3)NC2=O)c1. The van der Waals surface area contributed by atoms with Crippen molar-refractivity contribution in [2.75, 3.05) is 6.54 Å². The van der Waals surface area contributed by atoms with Gasteiger partial charge in [-0.2, -0.15) is 4.99 Å². The number of rotatable bonds is 2. The molecule has 110 valence electrons. The van der Waals surface area contributed by atoms with Gasteiger partial charge >= 0.3 is 0 Å². The summed E-state index contributed by atoms with van der Waals surface area (Å²) >= 11 is 0. The lowest BCUT2D eigenvalue weighted by Crippen LogP contribution is -2.53. The number of benzene rings is 1. The Kier molecular flexibility index (Phi) is 3.84. The lowest BCUT2D eigenvalue weighted by molar-refractivity contribution is -0.129. The van der Waals surface area contributed by atoms with Crippen LogP contribution in [0.2, 0.25) is 0 Å². The molecule has 1 saturated heterocycles. The smallest absolute Gasteiger partial charge is 0.264 e. The highest BCUT2D eigenvalue weighted by atomic mass is 16.2. The van der Waals surface area contributed by atoms with E-state index in [1.807, 2.05) is 25.1 Å². The Hall–Kier alpha value is -2.01. The highest BCUT2D eigenvalue weighted by molar-refractivity contribution is 6.20. The van der Waals surface area contributed by atoms with E-state index in [2.05, 4.69) is 15.6 Å². The van der Waals surface area contributed by atoms with Crippen LogP contribution in [0.5, 0.6) is 0 Å². The fourth-order valence-electron chi connectivity index (χ4n) is 2.92. The van der Waals surface area contributed by atoms with Crippen molar-refractivity contribution in [3.63, 3.8) is 0 Å². The number of amidine groups is 1. The van der Waals surface area contributed by atoms with E-state index in [9.17, 15) is 9.59 Å². The van der Waals surface area contributed by atoms with E-state index >= 15 is 0 Å². The number of amides is 2. The molecule has 2 amide bonds. The van der Waals surface area contributed by atoms with Crippen molar-refractivity contribution in [2.24, 2.45) is 4.99 Å². The summed E-state index contributed by atoms with van der Waals surface area (Å²) in [6, 6.07) is 7.45. The van der Waals surface area contributed by atoms with Crippen LogP contribution in [0.15, 0.2) is 29.3 Å². The van der Waals surface area contributed by atoms with Gasteiger partial charge in [0.25, 0.3) is 5.91 Å². The Morgan fingerprint density at radius 1 is 1.24 bits per heavy atom. The monoisotopic (exact) mass is 285 g/mol. The number of nitrogens with one attached hydrogen (secondary N) is 2. The fourth-order valence-corrected chi connectivity index (χ4v) is 2.92. The molecule has 21 heavy (non-hydrogen) atoms. The molecule has 1 fully saturated rings. The molecule has 2 aliphatic rings. The Morgan fingerprint density at radius 2 is 2.10 bits per heavy atom. The highest BCUT2D eigenvalue weighted by Crippen LogP contribution is 2.22. The molecule has 0 radical (unpaired) electrons. The van der Waals surface area contributed by atoms with Crippen molar-refractivity contribution in [3.8, 4) is 0 Å². The quantitative estimate of drug-likeness (QED) is 0.804. The number of aliphatic imine (C=N–C) groups is 1. The first-order valence-corrected chi connectivity index (χ1v) is 7.38. The van der Waals surface area contributed by atoms with Crippen LogP contribution in [0.1, 0.15) is 36.3 Å². The van der Waals surface area contributed by atoms with Crippen LogP contribution in [0.25, 0.3) is 0 Å². The van der Waals surface area contributed by atoms with Gasteiger partial charge in [-0.3, -0.25) is 9.59 Å². The molecule has 2 aliphatic heterocycles. The lowest BCUT2D eigenvalue weighted by Gasteiger charge is -2.28. The van der Waals surface area contributed by atoms with E-state index in [-0.39, 0.29) is 17.9 Å². The topological polar surface area (TPSA) is 70.6 Å². The summed E-state index contributed by atoms with van der Waals surface area (Å²) in [5.74, 6) is -0.986. The number of carbonyl (C=O) groups is 2. The molecular formula is C16H19N3O2. The van der Waals surface area contributed by atoms with Gasteiger partial charge in [0.2, 0.25) is 5.91 Å². The van der Waals surface area contributed by atoms with Crippen LogP contribution in [0.4, 0.5) is 0 Å². The molecular weight excluding hydrogens is 266 g/mol. The Morgan fingerprint density at radius 3 is 2.76 bits per heavy atom. The van der Waals surface area contributed by atoms with E-state index < -0.39 is 5.92 Å². The second kappa shape index (κ2) is 5.77. The molecule has 2 unspecified atom stereocenters. The molecule has 0 saturated carbocycles. The van der Waals surface area contributed by atoms with E-state index in [1.165, 1.54) is 0 Å². The van der Waals surface area contributed by atoms with Crippen molar-refractivity contribution >= 4 is 17.6 Å². The maximum absolute atomic E-state index is 12.3. The Bertz CT molecular complexity index is 603. The zero-order valence-electron chi connectivity index (χ0n) is 12.1. The summed E-state index contributed by atoms with van der Waals surface area (Å²) < 4.78 is 0. The molecule has 5 heteroatoms. The summed E-state index contributed by atoms with van der Waals surface area (Å²) in [5, 5.41) is 6.11. The average molecular weight is 285 g/mol. The third-order valence-corrected chi connectivity index (χ3v) is 4.01. The summed E-state index contributed by atoms with van der Waals surface area (Å²) in [7, 11) is 0. The summed E-state index contributed by atoms with van der Waals surface area (Å²) in [6.45, 7) is 2.84. The molecule has 0 spiro atoms. The first kappa shape index (κ1) is 13.9. The van der Waals surface area contributed by atoms with Crippen molar-refractivity contribution in [1.82, 2.24) is 10.6 Å². The lowest BCUT2D eigenvalue weighted by atomic mass is 9.94. The number of hydrogen-bond acceptors (Lipinski definition) is 3. The largest absolute Gasteiger partial charge is 0.312 e. The highest BCUT2D eigenvalue weighted by Gasteiger charge is 2.35. The van der Waals surface area contributed by atoms with Crippen LogP contribution < -0.4 is 10.6 Å². The number of piperidine rings is 1. The molecule has 0 aliphatic carbocycles. The van der Waals surface area contributed by atoms with Crippen molar-refractivity contribution in [1.29, 1.82) is 0 Å². The molecule has 5 nitrogen and oxygen atoms in total. The second-order valence-electron chi connectivity index (χ2n) is 5.67. The van der Waals surface area contributed by atoms with E-state index in [1.54, 1.807) is 6.07 Å².